The second-order valence-corrected chi connectivity index (χ2v) is 14.3. The minimum Gasteiger partial charge on any atom is -0.0622 e. The highest BCUT2D eigenvalue weighted by atomic mass is 14.3. The van der Waals surface area contributed by atoms with E-state index in [0.717, 1.165) is 6.42 Å². The summed E-state index contributed by atoms with van der Waals surface area (Å²) in [4.78, 5) is 0. The van der Waals surface area contributed by atoms with Crippen LogP contribution in [0.2, 0.25) is 0 Å². The molecule has 0 heteroatoms. The number of benzene rings is 6. The van der Waals surface area contributed by atoms with Gasteiger partial charge in [0, 0.05) is 0 Å². The van der Waals surface area contributed by atoms with Crippen molar-refractivity contribution >= 4 is 21.9 Å². The molecule has 232 valence electrons. The van der Waals surface area contributed by atoms with Gasteiger partial charge in [-0.2, -0.15) is 0 Å². The Morgan fingerprint density at radius 3 is 1.64 bits per heavy atom. The lowest BCUT2D eigenvalue weighted by atomic mass is 9.72. The van der Waals surface area contributed by atoms with Crippen molar-refractivity contribution in [1.29, 1.82) is 0 Å². The van der Waals surface area contributed by atoms with Crippen LogP contribution in [0.1, 0.15) is 61.1 Å². The van der Waals surface area contributed by atoms with Crippen molar-refractivity contribution in [3.63, 3.8) is 0 Å². The minimum atomic E-state index is 0.457. The average Bonchev–Trinajstić information content (AvgIpc) is 3.49. The Kier molecular flexibility index (Phi) is 6.92. The summed E-state index contributed by atoms with van der Waals surface area (Å²) in [5.74, 6) is 0.915. The van der Waals surface area contributed by atoms with E-state index in [0.29, 0.717) is 11.8 Å². The van der Waals surface area contributed by atoms with E-state index in [-0.39, 0.29) is 0 Å². The highest BCUT2D eigenvalue weighted by molar-refractivity contribution is 6.12. The molecule has 2 aliphatic rings. The molecule has 0 aromatic heterocycles. The molecule has 0 fully saturated rings. The number of hydrogen-bond acceptors (Lipinski definition) is 0. The fourth-order valence-corrected chi connectivity index (χ4v) is 8.87. The Bertz CT molecular complexity index is 2400. The molecule has 6 aromatic carbocycles. The number of fused-ring (bicyclic) bond motifs is 5. The fraction of sp³-hybridized carbons (Fsp3) is 0.234. The Labute approximate surface area is 280 Å². The summed E-state index contributed by atoms with van der Waals surface area (Å²) in [6.07, 6.45) is 1.00. The van der Waals surface area contributed by atoms with E-state index in [2.05, 4.69) is 152 Å². The molecule has 0 heterocycles. The maximum absolute atomic E-state index is 2.44. The van der Waals surface area contributed by atoms with Gasteiger partial charge in [0.05, 0.1) is 0 Å². The molecule has 2 unspecified atom stereocenters. The summed E-state index contributed by atoms with van der Waals surface area (Å²) in [7, 11) is 0. The zero-order chi connectivity index (χ0) is 32.7. The molecular weight excluding hydrogens is 565 g/mol. The van der Waals surface area contributed by atoms with Gasteiger partial charge in [-0.3, -0.25) is 0 Å². The normalized spacial score (nSPS) is 16.8. The molecule has 0 radical (unpaired) electrons. The van der Waals surface area contributed by atoms with Gasteiger partial charge in [0.15, 0.2) is 0 Å². The van der Waals surface area contributed by atoms with Crippen molar-refractivity contribution < 1.29 is 0 Å². The van der Waals surface area contributed by atoms with Crippen LogP contribution in [0.15, 0.2) is 97.1 Å². The summed E-state index contributed by atoms with van der Waals surface area (Å²) >= 11 is 0. The standard InChI is InChI=1S/C47H44/c1-26-28(3)32(7)43-41(30(26)5)46(38-20-14-19-35(24-38)34-16-10-9-11-17-34)42-31(6)27(2)29(4)33(8)44(42)47(43)40-23-15-21-37-25-36-18-12-13-22-39(36)45(37)40/h9-24,26,28H,25H2,1-8H3. The maximum atomic E-state index is 2.44. The first-order valence-corrected chi connectivity index (χ1v) is 17.3. The van der Waals surface area contributed by atoms with Gasteiger partial charge in [0.25, 0.3) is 0 Å². The van der Waals surface area contributed by atoms with Gasteiger partial charge in [-0.1, -0.05) is 116 Å². The lowest BCUT2D eigenvalue weighted by Gasteiger charge is -2.32. The van der Waals surface area contributed by atoms with E-state index in [1.54, 1.807) is 0 Å². The monoisotopic (exact) mass is 608 g/mol. The molecule has 0 saturated carbocycles. The Balaban J connectivity index is 1.64. The number of rotatable bonds is 3. The van der Waals surface area contributed by atoms with Gasteiger partial charge < -0.3 is 0 Å². The van der Waals surface area contributed by atoms with Crippen molar-refractivity contribution in [1.82, 2.24) is 0 Å². The molecule has 8 rings (SSSR count). The van der Waals surface area contributed by atoms with E-state index < -0.39 is 0 Å². The molecule has 2 aliphatic carbocycles. The topological polar surface area (TPSA) is 0 Å². The first-order valence-electron chi connectivity index (χ1n) is 17.3. The van der Waals surface area contributed by atoms with Gasteiger partial charge in [-0.15, -0.1) is 0 Å². The van der Waals surface area contributed by atoms with Crippen molar-refractivity contribution in [2.24, 2.45) is 11.8 Å². The van der Waals surface area contributed by atoms with Crippen LogP contribution in [0, 0.1) is 39.5 Å². The SMILES string of the molecule is CC1=c2c(-c3cccc(-c4ccccc4)c3)c3c(C)c(C)c(C)c(C)c3c(-c3cccc4c3-c3ccccc3C4)c2=C(C)C(C)C1C. The number of hydrogen-bond donors (Lipinski definition) is 0. The molecule has 0 bridgehead atoms. The van der Waals surface area contributed by atoms with Crippen LogP contribution in [-0.2, 0) is 6.42 Å². The lowest BCUT2D eigenvalue weighted by Crippen LogP contribution is -2.40. The number of aryl methyl sites for hydroxylation is 2. The fourth-order valence-electron chi connectivity index (χ4n) is 8.87. The average molecular weight is 609 g/mol. The molecule has 0 amide bonds. The molecule has 0 nitrogen and oxygen atoms in total. The van der Waals surface area contributed by atoms with Crippen molar-refractivity contribution in [2.75, 3.05) is 0 Å². The zero-order valence-electron chi connectivity index (χ0n) is 29.1. The first-order chi connectivity index (χ1) is 22.7. The highest BCUT2D eigenvalue weighted by Gasteiger charge is 2.31. The van der Waals surface area contributed by atoms with Crippen LogP contribution >= 0.6 is 0 Å². The van der Waals surface area contributed by atoms with Crippen LogP contribution in [0.25, 0.3) is 66.4 Å². The van der Waals surface area contributed by atoms with Crippen LogP contribution < -0.4 is 10.4 Å². The smallest absolute Gasteiger partial charge is 0.00132 e. The Morgan fingerprint density at radius 2 is 0.936 bits per heavy atom. The largest absolute Gasteiger partial charge is 0.0622 e. The van der Waals surface area contributed by atoms with Gasteiger partial charge in [0.2, 0.25) is 0 Å². The predicted molar refractivity (Wildman–Crippen MR) is 203 cm³/mol. The van der Waals surface area contributed by atoms with E-state index in [4.69, 9.17) is 0 Å². The Hall–Kier alpha value is -4.68. The molecule has 0 aliphatic heterocycles. The van der Waals surface area contributed by atoms with Crippen LogP contribution in [-0.4, -0.2) is 0 Å². The molecule has 47 heavy (non-hydrogen) atoms. The summed E-state index contributed by atoms with van der Waals surface area (Å²) < 4.78 is 0. The van der Waals surface area contributed by atoms with Gasteiger partial charge in [-0.25, -0.2) is 0 Å². The zero-order valence-corrected chi connectivity index (χ0v) is 29.1. The van der Waals surface area contributed by atoms with Crippen molar-refractivity contribution in [3.05, 3.63) is 141 Å². The third kappa shape index (κ3) is 4.27. The summed E-state index contributed by atoms with van der Waals surface area (Å²) in [6.45, 7) is 19.1. The molecular formula is C47H44. The van der Waals surface area contributed by atoms with E-state index in [9.17, 15) is 0 Å². The molecule has 6 aromatic rings. The predicted octanol–water partition coefficient (Wildman–Crippen LogP) is 11.3. The second kappa shape index (κ2) is 11.0. The van der Waals surface area contributed by atoms with Crippen molar-refractivity contribution in [3.8, 4) is 44.5 Å². The van der Waals surface area contributed by atoms with Crippen LogP contribution in [0.4, 0.5) is 0 Å². The van der Waals surface area contributed by atoms with Crippen LogP contribution in [0.3, 0.4) is 0 Å². The Morgan fingerprint density at radius 1 is 0.426 bits per heavy atom. The lowest BCUT2D eigenvalue weighted by molar-refractivity contribution is 0.570. The third-order valence-electron chi connectivity index (χ3n) is 12.2. The first kappa shape index (κ1) is 29.7. The van der Waals surface area contributed by atoms with E-state index >= 15 is 0 Å². The quantitative estimate of drug-likeness (QED) is 0.187. The van der Waals surface area contributed by atoms with Crippen LogP contribution in [0.5, 0.6) is 0 Å². The highest BCUT2D eigenvalue weighted by Crippen LogP contribution is 2.47. The molecule has 0 saturated heterocycles. The van der Waals surface area contributed by atoms with E-state index in [1.807, 2.05) is 0 Å². The molecule has 0 spiro atoms. The van der Waals surface area contributed by atoms with Gasteiger partial charge in [-0.05, 0) is 165 Å². The second-order valence-electron chi connectivity index (χ2n) is 14.3. The van der Waals surface area contributed by atoms with Gasteiger partial charge >= 0.3 is 0 Å². The summed E-state index contributed by atoms with van der Waals surface area (Å²) in [5.41, 5.74) is 22.4. The molecule has 0 N–H and O–H groups in total. The summed E-state index contributed by atoms with van der Waals surface area (Å²) in [6, 6.07) is 36.3. The van der Waals surface area contributed by atoms with Gasteiger partial charge in [0.1, 0.15) is 0 Å². The minimum absolute atomic E-state index is 0.457. The summed E-state index contributed by atoms with van der Waals surface area (Å²) in [5, 5.41) is 5.76. The van der Waals surface area contributed by atoms with E-state index in [1.165, 1.54) is 110 Å². The third-order valence-corrected chi connectivity index (χ3v) is 12.2. The molecule has 2 atom stereocenters. The van der Waals surface area contributed by atoms with Crippen molar-refractivity contribution in [2.45, 2.75) is 61.8 Å². The maximum Gasteiger partial charge on any atom is -0.00132 e.